The van der Waals surface area contributed by atoms with Crippen molar-refractivity contribution < 1.29 is 33.7 Å². The van der Waals surface area contributed by atoms with E-state index < -0.39 is 30.1 Å². The smallest absolute Gasteiger partial charge is 0.307 e. The number of hydrogen-bond acceptors (Lipinski definition) is 7. The second-order valence-electron chi connectivity index (χ2n) is 6.01. The van der Waals surface area contributed by atoms with Crippen LogP contribution >= 0.6 is 0 Å². The Hall–Kier alpha value is -3.11. The van der Waals surface area contributed by atoms with E-state index in [1.165, 1.54) is 26.8 Å². The highest BCUT2D eigenvalue weighted by atomic mass is 16.5. The van der Waals surface area contributed by atoms with Crippen molar-refractivity contribution in [3.63, 3.8) is 0 Å². The van der Waals surface area contributed by atoms with Crippen molar-refractivity contribution in [2.45, 2.75) is 53.2 Å². The Morgan fingerprint density at radius 1 is 1.04 bits per heavy atom. The summed E-state index contributed by atoms with van der Waals surface area (Å²) in [6, 6.07) is 0. The number of aliphatic hydroxyl groups is 1. The monoisotopic (exact) mass is 390 g/mol. The fourth-order valence-corrected chi connectivity index (χ4v) is 1.74. The molecular weight excluding hydrogens is 364 g/mol. The van der Waals surface area contributed by atoms with Crippen molar-refractivity contribution in [3.05, 3.63) is 48.0 Å². The number of carbonyl (C=O) groups is 3. The highest BCUT2D eigenvalue weighted by Crippen LogP contribution is 2.19. The van der Waals surface area contributed by atoms with Gasteiger partial charge in [-0.05, 0) is 26.0 Å². The number of ether oxygens (including phenoxy) is 3. The van der Waals surface area contributed by atoms with Gasteiger partial charge >= 0.3 is 17.9 Å². The van der Waals surface area contributed by atoms with Gasteiger partial charge in [0, 0.05) is 38.3 Å². The van der Waals surface area contributed by atoms with E-state index in [1.807, 2.05) is 13.8 Å². The van der Waals surface area contributed by atoms with E-state index in [0.29, 0.717) is 0 Å². The van der Waals surface area contributed by atoms with E-state index in [9.17, 15) is 19.5 Å². The lowest BCUT2D eigenvalue weighted by atomic mass is 10.00. The maximum absolute atomic E-state index is 11.5. The molecule has 152 valence electrons. The third-order valence-electron chi connectivity index (χ3n) is 2.97. The highest BCUT2D eigenvalue weighted by molar-refractivity contribution is 5.68. The molecule has 7 heteroatoms. The van der Waals surface area contributed by atoms with E-state index in [4.69, 9.17) is 14.2 Å². The van der Waals surface area contributed by atoms with Gasteiger partial charge in [0.05, 0.1) is 12.4 Å². The summed E-state index contributed by atoms with van der Waals surface area (Å²) < 4.78 is 14.8. The van der Waals surface area contributed by atoms with Crippen LogP contribution in [-0.4, -0.2) is 35.2 Å². The largest absolute Gasteiger partial charge is 0.457 e. The summed E-state index contributed by atoms with van der Waals surface area (Å²) >= 11 is 0. The summed E-state index contributed by atoms with van der Waals surface area (Å²) in [4.78, 5) is 33.5. The van der Waals surface area contributed by atoms with Crippen LogP contribution in [0.2, 0.25) is 0 Å². The normalized spacial score (nSPS) is 12.9. The molecule has 28 heavy (non-hydrogen) atoms. The van der Waals surface area contributed by atoms with Crippen molar-refractivity contribution in [1.29, 1.82) is 0 Å². The van der Waals surface area contributed by atoms with Crippen molar-refractivity contribution >= 4 is 17.9 Å². The summed E-state index contributed by atoms with van der Waals surface area (Å²) in [5, 5.41) is 10.3. The number of esters is 3. The van der Waals surface area contributed by atoms with Gasteiger partial charge in [-0.25, -0.2) is 0 Å². The third kappa shape index (κ3) is 12.3. The zero-order valence-corrected chi connectivity index (χ0v) is 16.8. The minimum Gasteiger partial charge on any atom is -0.457 e. The lowest BCUT2D eigenvalue weighted by molar-refractivity contribution is -0.145. The van der Waals surface area contributed by atoms with E-state index >= 15 is 0 Å². The molecule has 0 saturated carbocycles. The van der Waals surface area contributed by atoms with Crippen LogP contribution in [0.5, 0.6) is 0 Å². The molecule has 0 spiro atoms. The van der Waals surface area contributed by atoms with Crippen LogP contribution in [0.15, 0.2) is 48.0 Å². The topological polar surface area (TPSA) is 99.1 Å². The Balaban J connectivity index is 5.58. The molecule has 0 aromatic heterocycles. The first-order chi connectivity index (χ1) is 13.0. The lowest BCUT2D eigenvalue weighted by Crippen LogP contribution is -2.25. The van der Waals surface area contributed by atoms with Crippen molar-refractivity contribution in [1.82, 2.24) is 0 Å². The Morgan fingerprint density at radius 3 is 2.14 bits per heavy atom. The molecule has 0 unspecified atom stereocenters. The molecule has 0 aliphatic carbocycles. The lowest BCUT2D eigenvalue weighted by Gasteiger charge is -2.21. The molecule has 1 N–H and O–H groups in total. The molecule has 0 aliphatic heterocycles. The maximum atomic E-state index is 11.5. The third-order valence-corrected chi connectivity index (χ3v) is 2.97. The molecule has 0 heterocycles. The van der Waals surface area contributed by atoms with E-state index in [2.05, 4.69) is 18.4 Å². The van der Waals surface area contributed by atoms with E-state index in [0.717, 1.165) is 18.1 Å². The molecule has 0 aromatic rings. The average Bonchev–Trinajstić information content (AvgIpc) is 2.55. The molecule has 0 aromatic carbocycles. The Labute approximate surface area is 165 Å². The summed E-state index contributed by atoms with van der Waals surface area (Å²) in [6.45, 7) is 11.1. The van der Waals surface area contributed by atoms with E-state index in [1.54, 1.807) is 6.08 Å². The van der Waals surface area contributed by atoms with Crippen molar-refractivity contribution in [2.75, 3.05) is 0 Å². The van der Waals surface area contributed by atoms with Crippen LogP contribution in [0.1, 0.15) is 41.0 Å². The van der Waals surface area contributed by atoms with Crippen molar-refractivity contribution in [3.8, 4) is 11.8 Å². The zero-order valence-electron chi connectivity index (χ0n) is 16.8. The van der Waals surface area contributed by atoms with Crippen molar-refractivity contribution in [2.24, 2.45) is 0 Å². The van der Waals surface area contributed by atoms with Gasteiger partial charge in [-0.2, -0.15) is 0 Å². The summed E-state index contributed by atoms with van der Waals surface area (Å²) in [7, 11) is 0. The van der Waals surface area contributed by atoms with Crippen LogP contribution in [0.3, 0.4) is 0 Å². The first-order valence-corrected chi connectivity index (χ1v) is 8.43. The van der Waals surface area contributed by atoms with Crippen LogP contribution < -0.4 is 0 Å². The van der Waals surface area contributed by atoms with Gasteiger partial charge in [-0.15, -0.1) is 0 Å². The Kier molecular flexibility index (Phi) is 11.7. The van der Waals surface area contributed by atoms with Gasteiger partial charge in [-0.3, -0.25) is 14.4 Å². The molecule has 2 atom stereocenters. The molecule has 0 radical (unpaired) electrons. The number of aliphatic hydroxyl groups excluding tert-OH is 1. The van der Waals surface area contributed by atoms with Gasteiger partial charge in [0.2, 0.25) is 0 Å². The molecule has 0 bridgehead atoms. The molecule has 0 rings (SSSR count). The fourth-order valence-electron chi connectivity index (χ4n) is 1.74. The fraction of sp³-hybridized carbons (Fsp3) is 0.381. The van der Waals surface area contributed by atoms with E-state index in [-0.39, 0.29) is 17.6 Å². The quantitative estimate of drug-likeness (QED) is 0.224. The number of allylic oxidation sites excluding steroid dienone is 2. The SMILES string of the molecule is C=C(C#CC=C(C)C)[C@@H](O)C[C@H](OC(C)=O)C(/C=C/OC(C)=O)=C/OC(C)=O. The predicted octanol–water partition coefficient (Wildman–Crippen LogP) is 2.72. The van der Waals surface area contributed by atoms with Crippen LogP contribution in [0, 0.1) is 11.8 Å². The van der Waals surface area contributed by atoms with Gasteiger partial charge in [-0.1, -0.05) is 24.0 Å². The second-order valence-corrected chi connectivity index (χ2v) is 6.01. The van der Waals surface area contributed by atoms with Gasteiger partial charge in [0.15, 0.2) is 0 Å². The minimum atomic E-state index is -1.12. The molecule has 0 fully saturated rings. The minimum absolute atomic E-state index is 0.0978. The molecule has 0 amide bonds. The number of carbonyl (C=O) groups excluding carboxylic acids is 3. The number of rotatable bonds is 8. The second kappa shape index (κ2) is 13.1. The Bertz CT molecular complexity index is 740. The summed E-state index contributed by atoms with van der Waals surface area (Å²) in [5.41, 5.74) is 1.41. The van der Waals surface area contributed by atoms with Crippen LogP contribution in [0.25, 0.3) is 0 Å². The molecular formula is C21H26O7. The summed E-state index contributed by atoms with van der Waals surface area (Å²) in [5.74, 6) is 3.70. The standard InChI is InChI=1S/C21H26O7/c1-14(2)8-7-9-15(3)20(25)12-21(28-18(6)24)19(13-27-17(5)23)10-11-26-16(4)22/h8,10-11,13,20-21,25H,3,12H2,1-2,4-6H3/b11-10+,19-13+/t20-,21-/m0/s1. The number of hydrogen-bond donors (Lipinski definition) is 1. The molecule has 7 nitrogen and oxygen atoms in total. The highest BCUT2D eigenvalue weighted by Gasteiger charge is 2.22. The zero-order chi connectivity index (χ0) is 21.7. The van der Waals surface area contributed by atoms with Gasteiger partial charge in [0.1, 0.15) is 12.4 Å². The first kappa shape index (κ1) is 24.9. The van der Waals surface area contributed by atoms with Gasteiger partial charge in [0.25, 0.3) is 0 Å². The van der Waals surface area contributed by atoms with Gasteiger partial charge < -0.3 is 19.3 Å². The van der Waals surface area contributed by atoms with Crippen LogP contribution in [0.4, 0.5) is 0 Å². The van der Waals surface area contributed by atoms with Crippen LogP contribution in [-0.2, 0) is 28.6 Å². The predicted molar refractivity (Wildman–Crippen MR) is 103 cm³/mol. The Morgan fingerprint density at radius 2 is 1.64 bits per heavy atom. The molecule has 0 saturated heterocycles. The summed E-state index contributed by atoms with van der Waals surface area (Å²) in [6.07, 6.45) is 2.87. The maximum Gasteiger partial charge on any atom is 0.307 e. The average molecular weight is 390 g/mol. The first-order valence-electron chi connectivity index (χ1n) is 8.43. The molecule has 0 aliphatic rings.